The zero-order chi connectivity index (χ0) is 9.84. The van der Waals surface area contributed by atoms with E-state index >= 15 is 0 Å². The van der Waals surface area contributed by atoms with Crippen LogP contribution in [0.4, 0.5) is 0 Å². The van der Waals surface area contributed by atoms with E-state index in [2.05, 4.69) is 0 Å². The van der Waals surface area contributed by atoms with Gasteiger partial charge in [0.05, 0.1) is 5.92 Å². The standard InChI is InChI=1S/C10H9ClO2/c1-7(6-12)10(13)8-2-4-9(11)5-3-8/h2-7H,1H3. The summed E-state index contributed by atoms with van der Waals surface area (Å²) in [4.78, 5) is 21.8. The minimum atomic E-state index is -0.582. The molecule has 0 radical (unpaired) electrons. The summed E-state index contributed by atoms with van der Waals surface area (Å²) in [6.07, 6.45) is 0.636. The molecule has 1 atom stereocenters. The molecule has 0 saturated heterocycles. The van der Waals surface area contributed by atoms with Gasteiger partial charge in [-0.2, -0.15) is 0 Å². The average molecular weight is 197 g/mol. The highest BCUT2D eigenvalue weighted by Gasteiger charge is 2.13. The number of ketones is 1. The maximum Gasteiger partial charge on any atom is 0.172 e. The van der Waals surface area contributed by atoms with Crippen LogP contribution in [0, 0.1) is 5.92 Å². The fourth-order valence-electron chi connectivity index (χ4n) is 0.939. The van der Waals surface area contributed by atoms with Gasteiger partial charge < -0.3 is 4.79 Å². The van der Waals surface area contributed by atoms with E-state index in [-0.39, 0.29) is 5.78 Å². The summed E-state index contributed by atoms with van der Waals surface area (Å²) in [7, 11) is 0. The lowest BCUT2D eigenvalue weighted by Gasteiger charge is -2.02. The molecule has 68 valence electrons. The van der Waals surface area contributed by atoms with E-state index in [1.165, 1.54) is 0 Å². The number of carbonyl (C=O) groups excluding carboxylic acids is 2. The van der Waals surface area contributed by atoms with E-state index in [9.17, 15) is 9.59 Å². The van der Waals surface area contributed by atoms with Crippen molar-refractivity contribution in [3.63, 3.8) is 0 Å². The van der Waals surface area contributed by atoms with E-state index in [1.807, 2.05) is 0 Å². The van der Waals surface area contributed by atoms with Crippen LogP contribution in [0.25, 0.3) is 0 Å². The number of Topliss-reactive ketones (excluding diaryl/α,β-unsaturated/α-hetero) is 1. The number of benzene rings is 1. The smallest absolute Gasteiger partial charge is 0.172 e. The Balaban J connectivity index is 2.89. The van der Waals surface area contributed by atoms with Crippen molar-refractivity contribution in [3.8, 4) is 0 Å². The van der Waals surface area contributed by atoms with Crippen LogP contribution in [0.1, 0.15) is 17.3 Å². The van der Waals surface area contributed by atoms with Gasteiger partial charge in [-0.25, -0.2) is 0 Å². The molecule has 0 fully saturated rings. The lowest BCUT2D eigenvalue weighted by molar-refractivity contribution is -0.109. The number of rotatable bonds is 3. The van der Waals surface area contributed by atoms with Gasteiger partial charge in [0.2, 0.25) is 0 Å². The molecular formula is C10H9ClO2. The molecule has 1 rings (SSSR count). The van der Waals surface area contributed by atoms with E-state index < -0.39 is 5.92 Å². The SMILES string of the molecule is CC(C=O)C(=O)c1ccc(Cl)cc1. The van der Waals surface area contributed by atoms with Crippen LogP contribution in [0.3, 0.4) is 0 Å². The van der Waals surface area contributed by atoms with Gasteiger partial charge in [-0.15, -0.1) is 0 Å². The molecule has 0 aliphatic heterocycles. The highest BCUT2D eigenvalue weighted by molar-refractivity contribution is 6.30. The van der Waals surface area contributed by atoms with Crippen molar-refractivity contribution in [1.29, 1.82) is 0 Å². The van der Waals surface area contributed by atoms with E-state index in [4.69, 9.17) is 11.6 Å². The van der Waals surface area contributed by atoms with Gasteiger partial charge in [0.15, 0.2) is 5.78 Å². The van der Waals surface area contributed by atoms with Gasteiger partial charge in [-0.05, 0) is 31.2 Å². The molecule has 0 aliphatic rings. The fraction of sp³-hybridized carbons (Fsp3) is 0.200. The minimum Gasteiger partial charge on any atom is -0.303 e. The van der Waals surface area contributed by atoms with Crippen molar-refractivity contribution in [2.24, 2.45) is 5.92 Å². The second-order valence-corrected chi connectivity index (χ2v) is 3.23. The van der Waals surface area contributed by atoms with Crippen LogP contribution in [0.2, 0.25) is 5.02 Å². The molecule has 1 unspecified atom stereocenters. The first-order chi connectivity index (χ1) is 6.15. The summed E-state index contributed by atoms with van der Waals surface area (Å²) >= 11 is 5.65. The van der Waals surface area contributed by atoms with Crippen molar-refractivity contribution < 1.29 is 9.59 Å². The zero-order valence-corrected chi connectivity index (χ0v) is 7.91. The first-order valence-corrected chi connectivity index (χ1v) is 4.28. The Kier molecular flexibility index (Phi) is 3.20. The number of hydrogen-bond donors (Lipinski definition) is 0. The Morgan fingerprint density at radius 3 is 2.38 bits per heavy atom. The zero-order valence-electron chi connectivity index (χ0n) is 7.16. The number of halogens is 1. The fourth-order valence-corrected chi connectivity index (χ4v) is 1.06. The summed E-state index contributed by atoms with van der Waals surface area (Å²) in [6.45, 7) is 1.57. The largest absolute Gasteiger partial charge is 0.303 e. The van der Waals surface area contributed by atoms with Crippen LogP contribution in [0.15, 0.2) is 24.3 Å². The Bertz CT molecular complexity index is 316. The minimum absolute atomic E-state index is 0.174. The molecule has 0 saturated carbocycles. The Labute approximate surface area is 81.5 Å². The van der Waals surface area contributed by atoms with Gasteiger partial charge >= 0.3 is 0 Å². The van der Waals surface area contributed by atoms with Crippen molar-refractivity contribution in [3.05, 3.63) is 34.9 Å². The van der Waals surface area contributed by atoms with Crippen LogP contribution < -0.4 is 0 Å². The van der Waals surface area contributed by atoms with E-state index in [1.54, 1.807) is 31.2 Å². The Morgan fingerprint density at radius 2 is 1.92 bits per heavy atom. The third kappa shape index (κ3) is 2.39. The predicted octanol–water partition coefficient (Wildman–Crippen LogP) is 2.36. The highest BCUT2D eigenvalue weighted by atomic mass is 35.5. The van der Waals surface area contributed by atoms with Gasteiger partial charge in [0.1, 0.15) is 6.29 Å². The lowest BCUT2D eigenvalue weighted by atomic mass is 10.0. The van der Waals surface area contributed by atoms with Crippen molar-refractivity contribution in [2.45, 2.75) is 6.92 Å². The molecule has 1 aromatic carbocycles. The third-order valence-electron chi connectivity index (χ3n) is 1.75. The Morgan fingerprint density at radius 1 is 1.38 bits per heavy atom. The first kappa shape index (κ1) is 9.93. The van der Waals surface area contributed by atoms with Gasteiger partial charge in [-0.1, -0.05) is 11.6 Å². The van der Waals surface area contributed by atoms with E-state index in [0.29, 0.717) is 16.9 Å². The molecule has 0 amide bonds. The first-order valence-electron chi connectivity index (χ1n) is 3.90. The maximum atomic E-state index is 11.4. The predicted molar refractivity (Wildman–Crippen MR) is 51.0 cm³/mol. The summed E-state index contributed by atoms with van der Waals surface area (Å²) in [5, 5.41) is 0.579. The molecule has 0 heterocycles. The molecule has 13 heavy (non-hydrogen) atoms. The topological polar surface area (TPSA) is 34.1 Å². The molecule has 0 aliphatic carbocycles. The molecule has 0 spiro atoms. The highest BCUT2D eigenvalue weighted by Crippen LogP contribution is 2.12. The molecule has 0 aromatic heterocycles. The van der Waals surface area contributed by atoms with Gasteiger partial charge in [0, 0.05) is 10.6 Å². The molecule has 1 aromatic rings. The normalized spacial score (nSPS) is 12.2. The molecule has 0 N–H and O–H groups in total. The van der Waals surface area contributed by atoms with Gasteiger partial charge in [-0.3, -0.25) is 4.79 Å². The molecular weight excluding hydrogens is 188 g/mol. The number of aldehydes is 1. The Hall–Kier alpha value is -1.15. The van der Waals surface area contributed by atoms with Crippen LogP contribution in [-0.2, 0) is 4.79 Å². The number of hydrogen-bond acceptors (Lipinski definition) is 2. The molecule has 3 heteroatoms. The average Bonchev–Trinajstić information content (AvgIpc) is 2.17. The van der Waals surface area contributed by atoms with Crippen LogP contribution in [0.5, 0.6) is 0 Å². The van der Waals surface area contributed by atoms with Crippen molar-refractivity contribution in [1.82, 2.24) is 0 Å². The summed E-state index contributed by atoms with van der Waals surface area (Å²) < 4.78 is 0. The summed E-state index contributed by atoms with van der Waals surface area (Å²) in [6, 6.07) is 6.49. The summed E-state index contributed by atoms with van der Waals surface area (Å²) in [5.74, 6) is -0.757. The maximum absolute atomic E-state index is 11.4. The summed E-state index contributed by atoms with van der Waals surface area (Å²) in [5.41, 5.74) is 0.518. The third-order valence-corrected chi connectivity index (χ3v) is 2.00. The molecule has 2 nitrogen and oxygen atoms in total. The van der Waals surface area contributed by atoms with E-state index in [0.717, 1.165) is 0 Å². The number of carbonyl (C=O) groups is 2. The lowest BCUT2D eigenvalue weighted by Crippen LogP contribution is -2.11. The van der Waals surface area contributed by atoms with Crippen LogP contribution in [-0.4, -0.2) is 12.1 Å². The second kappa shape index (κ2) is 4.19. The molecule has 0 bridgehead atoms. The second-order valence-electron chi connectivity index (χ2n) is 2.80. The van der Waals surface area contributed by atoms with Crippen LogP contribution >= 0.6 is 11.6 Å². The van der Waals surface area contributed by atoms with Crippen molar-refractivity contribution >= 4 is 23.7 Å². The quantitative estimate of drug-likeness (QED) is 0.423. The van der Waals surface area contributed by atoms with Gasteiger partial charge in [0.25, 0.3) is 0 Å². The van der Waals surface area contributed by atoms with Crippen molar-refractivity contribution in [2.75, 3.05) is 0 Å². The monoisotopic (exact) mass is 196 g/mol.